The molecule has 8 atom stereocenters. The Labute approximate surface area is 530 Å². The van der Waals surface area contributed by atoms with Gasteiger partial charge in [0.05, 0.1) is 31.2 Å². The third-order valence-corrected chi connectivity index (χ3v) is 18.3. The summed E-state index contributed by atoms with van der Waals surface area (Å²) in [4.78, 5) is 113. The molecule has 19 nitrogen and oxygen atoms in total. The van der Waals surface area contributed by atoms with E-state index in [2.05, 4.69) is 38.7 Å². The van der Waals surface area contributed by atoms with Gasteiger partial charge in [0.25, 0.3) is 0 Å². The van der Waals surface area contributed by atoms with E-state index in [-0.39, 0.29) is 73.8 Å². The van der Waals surface area contributed by atoms with Gasteiger partial charge in [0.15, 0.2) is 0 Å². The number of aryl methyl sites for hydroxylation is 1. The van der Waals surface area contributed by atoms with Crippen LogP contribution in [0.3, 0.4) is 0 Å². The van der Waals surface area contributed by atoms with Crippen LogP contribution in [-0.4, -0.2) is 173 Å². The number of piperazine rings is 1. The molecular formula is C70H94FN9O10. The molecule has 4 heterocycles. The van der Waals surface area contributed by atoms with E-state index in [0.717, 1.165) is 47.1 Å². The maximum atomic E-state index is 15.5. The molecule has 0 bridgehead atoms. The fourth-order valence-corrected chi connectivity index (χ4v) is 13.0. The summed E-state index contributed by atoms with van der Waals surface area (Å²) in [6.07, 6.45) is 1.98. The smallest absolute Gasteiger partial charge is 0.410 e. The number of anilines is 2. The summed E-state index contributed by atoms with van der Waals surface area (Å²) in [5.74, 6) is -2.35. The molecule has 5 unspecified atom stereocenters. The summed E-state index contributed by atoms with van der Waals surface area (Å²) in [6, 6.07) is 21.8. The fourth-order valence-electron chi connectivity index (χ4n) is 13.0. The monoisotopic (exact) mass is 1240 g/mol. The van der Waals surface area contributed by atoms with Crippen LogP contribution in [-0.2, 0) is 69.4 Å². The molecule has 4 aliphatic heterocycles. The molecule has 3 N–H and O–H groups in total. The summed E-state index contributed by atoms with van der Waals surface area (Å²) in [6.45, 7) is 26.8. The van der Waals surface area contributed by atoms with Crippen LogP contribution in [0.5, 0.6) is 0 Å². The van der Waals surface area contributed by atoms with Gasteiger partial charge in [0, 0.05) is 82.2 Å². The molecule has 0 saturated carbocycles. The normalized spacial score (nSPS) is 22.9. The van der Waals surface area contributed by atoms with Crippen LogP contribution in [0.4, 0.5) is 25.4 Å². The molecule has 0 spiro atoms. The molecule has 9 rings (SSSR count). The zero-order chi connectivity index (χ0) is 65.4. The van der Waals surface area contributed by atoms with Crippen molar-refractivity contribution < 1.29 is 52.2 Å². The molecule has 20 heteroatoms. The van der Waals surface area contributed by atoms with Crippen molar-refractivity contribution in [3.05, 3.63) is 130 Å². The standard InChI is InChI=1S/C70H94FN9O10/c1-43-36-77(53(38-76-30-31-88-41-44(76)2)39-78(43)66(87)90-69(10,11)12)40-59(81)80-42-70(13,55-29-24-47(33-57(55)80)32-46-22-26-51(71)27-23-46)64(85)72-52-28-25-49-35-58(62(83)73-56-21-17-19-48-18-15-16-20-54(48)56)79(37-50(49)34-52)63(84)60(67(4,5)6)74-61(82)45(3)75(14)65(86)89-68(7,8)9/h15-16,18,20,22-29,33-34,43-45,53,56,58,60H,17,19,21,30-32,35-42H2,1-14H3,(H,72,85)(H,73,83)(H,74,82)/t43-,44?,45?,53+,56-,58?,60?,70?/m1/s1. The summed E-state index contributed by atoms with van der Waals surface area (Å²) >= 11 is 0. The summed E-state index contributed by atoms with van der Waals surface area (Å²) in [5, 5.41) is 9.47. The van der Waals surface area contributed by atoms with Gasteiger partial charge in [-0.05, 0) is 170 Å². The largest absolute Gasteiger partial charge is 0.444 e. The quantitative estimate of drug-likeness (QED) is 0.108. The van der Waals surface area contributed by atoms with Gasteiger partial charge in [0.1, 0.15) is 35.1 Å². The molecule has 2 fully saturated rings. The van der Waals surface area contributed by atoms with Crippen molar-refractivity contribution in [2.45, 2.75) is 188 Å². The molecule has 1 aliphatic carbocycles. The lowest BCUT2D eigenvalue weighted by Crippen LogP contribution is -2.64. The number of fused-ring (bicyclic) bond motifs is 3. The second-order valence-corrected chi connectivity index (χ2v) is 28.8. The van der Waals surface area contributed by atoms with Crippen LogP contribution in [0.15, 0.2) is 84.9 Å². The van der Waals surface area contributed by atoms with Gasteiger partial charge in [0.2, 0.25) is 29.5 Å². The van der Waals surface area contributed by atoms with Gasteiger partial charge >= 0.3 is 12.2 Å². The van der Waals surface area contributed by atoms with E-state index in [1.807, 2.05) is 104 Å². The average Bonchev–Trinajstić information content (AvgIpc) is 1.59. The number of hydrogen-bond donors (Lipinski definition) is 3. The van der Waals surface area contributed by atoms with E-state index in [4.69, 9.17) is 14.2 Å². The Morgan fingerprint density at radius 3 is 2.19 bits per heavy atom. The van der Waals surface area contributed by atoms with Crippen molar-refractivity contribution in [2.24, 2.45) is 5.41 Å². The zero-order valence-corrected chi connectivity index (χ0v) is 55.2. The lowest BCUT2D eigenvalue weighted by molar-refractivity contribution is -0.147. The number of amides is 7. The number of carbonyl (C=O) groups is 7. The first-order valence-electron chi connectivity index (χ1n) is 31.9. The molecule has 2 saturated heterocycles. The molecule has 4 aromatic carbocycles. The van der Waals surface area contributed by atoms with Crippen LogP contribution >= 0.6 is 0 Å². The SMILES string of the molecule is CC1COCCN1C[C@H]1CN(C(=O)OC(C)(C)C)[C@H](C)CN1CC(=O)N1CC(C)(C(=O)Nc2ccc3c(c2)CN(C(=O)C(NC(=O)C(C)N(C)C(=O)OC(C)(C)C)C(C)(C)C)C(C(=O)N[C@@H]2CCCc4ccccc42)C3)c2ccc(Cc3ccc(F)cc3)cc21. The van der Waals surface area contributed by atoms with Crippen molar-refractivity contribution in [1.82, 2.24) is 35.1 Å². The third kappa shape index (κ3) is 15.5. The Bertz CT molecular complexity index is 3340. The Morgan fingerprint density at radius 1 is 0.800 bits per heavy atom. The first-order valence-corrected chi connectivity index (χ1v) is 31.9. The van der Waals surface area contributed by atoms with Crippen molar-refractivity contribution in [1.29, 1.82) is 0 Å². The lowest BCUT2D eigenvalue weighted by atomic mass is 9.82. The number of rotatable bonds is 14. The van der Waals surface area contributed by atoms with Crippen LogP contribution in [0.1, 0.15) is 148 Å². The molecule has 7 amide bonds. The number of morpholine rings is 1. The fraction of sp³-hybridized carbons (Fsp3) is 0.557. The Balaban J connectivity index is 1.00. The molecular weight excluding hydrogens is 1150 g/mol. The molecule has 0 aromatic heterocycles. The van der Waals surface area contributed by atoms with Crippen LogP contribution in [0, 0.1) is 11.2 Å². The second kappa shape index (κ2) is 26.8. The first kappa shape index (κ1) is 67.0. The Hall–Kier alpha value is -7.42. The van der Waals surface area contributed by atoms with E-state index >= 15 is 14.4 Å². The lowest BCUT2D eigenvalue weighted by Gasteiger charge is -2.47. The molecule has 90 heavy (non-hydrogen) atoms. The van der Waals surface area contributed by atoms with E-state index in [9.17, 15) is 23.6 Å². The third-order valence-electron chi connectivity index (χ3n) is 18.3. The second-order valence-electron chi connectivity index (χ2n) is 28.8. The summed E-state index contributed by atoms with van der Waals surface area (Å²) < 4.78 is 31.3. The van der Waals surface area contributed by atoms with Gasteiger partial charge in [-0.25, -0.2) is 14.0 Å². The van der Waals surface area contributed by atoms with E-state index < -0.39 is 64.2 Å². The highest BCUT2D eigenvalue weighted by Crippen LogP contribution is 2.43. The minimum atomic E-state index is -1.28. The number of benzene rings is 4. The van der Waals surface area contributed by atoms with Crippen molar-refractivity contribution in [2.75, 3.05) is 69.7 Å². The number of halogens is 1. The number of ether oxygens (including phenoxy) is 3. The maximum Gasteiger partial charge on any atom is 0.410 e. The first-order chi connectivity index (χ1) is 42.3. The van der Waals surface area contributed by atoms with Crippen molar-refractivity contribution >= 4 is 53.1 Å². The average molecular weight is 1240 g/mol. The van der Waals surface area contributed by atoms with Gasteiger partial charge in [-0.1, -0.05) is 75.4 Å². The minimum absolute atomic E-state index is 0.00410. The predicted octanol–water partition coefficient (Wildman–Crippen LogP) is 8.92. The minimum Gasteiger partial charge on any atom is -0.444 e. The molecule has 486 valence electrons. The van der Waals surface area contributed by atoms with E-state index in [1.54, 1.807) is 55.7 Å². The van der Waals surface area contributed by atoms with Gasteiger partial charge in [-0.2, -0.15) is 0 Å². The van der Waals surface area contributed by atoms with Crippen LogP contribution in [0.25, 0.3) is 0 Å². The van der Waals surface area contributed by atoms with Gasteiger partial charge in [-0.15, -0.1) is 0 Å². The number of likely N-dealkylation sites (N-methyl/N-ethyl adjacent to an activating group) is 1. The summed E-state index contributed by atoms with van der Waals surface area (Å²) in [5.41, 5.74) is 3.42. The van der Waals surface area contributed by atoms with Crippen molar-refractivity contribution in [3.8, 4) is 0 Å². The topological polar surface area (TPSA) is 203 Å². The zero-order valence-electron chi connectivity index (χ0n) is 55.2. The molecule has 0 radical (unpaired) electrons. The van der Waals surface area contributed by atoms with Crippen molar-refractivity contribution in [3.63, 3.8) is 0 Å². The summed E-state index contributed by atoms with van der Waals surface area (Å²) in [7, 11) is 1.47. The highest BCUT2D eigenvalue weighted by Gasteiger charge is 2.49. The predicted molar refractivity (Wildman–Crippen MR) is 343 cm³/mol. The Kier molecular flexibility index (Phi) is 19.9. The highest BCUT2D eigenvalue weighted by atomic mass is 19.1. The molecule has 4 aromatic rings. The number of carbonyl (C=O) groups excluding carboxylic acids is 7. The number of hydrogen-bond acceptors (Lipinski definition) is 12. The molecule has 5 aliphatic rings. The highest BCUT2D eigenvalue weighted by molar-refractivity contribution is 6.07. The van der Waals surface area contributed by atoms with E-state index in [0.29, 0.717) is 68.3 Å². The van der Waals surface area contributed by atoms with Gasteiger partial charge in [-0.3, -0.25) is 38.7 Å². The Morgan fingerprint density at radius 2 is 1.50 bits per heavy atom. The maximum absolute atomic E-state index is 15.5. The van der Waals surface area contributed by atoms with Gasteiger partial charge < -0.3 is 44.9 Å². The number of nitrogens with zero attached hydrogens (tertiary/aromatic N) is 6. The van der Waals surface area contributed by atoms with E-state index in [1.165, 1.54) is 29.0 Å². The van der Waals surface area contributed by atoms with Crippen LogP contribution < -0.4 is 20.9 Å². The van der Waals surface area contributed by atoms with Crippen LogP contribution in [0.2, 0.25) is 0 Å². The number of nitrogens with one attached hydrogen (secondary N) is 3.